The summed E-state index contributed by atoms with van der Waals surface area (Å²) in [5, 5.41) is 12.4. The average molecular weight is 232 g/mol. The van der Waals surface area contributed by atoms with E-state index in [0.29, 0.717) is 5.92 Å². The van der Waals surface area contributed by atoms with Crippen molar-refractivity contribution in [3.05, 3.63) is 23.8 Å². The number of aryl methyl sites for hydroxylation is 1. The molecule has 0 saturated carbocycles. The van der Waals surface area contributed by atoms with Crippen LogP contribution in [0.2, 0.25) is 0 Å². The molecule has 1 unspecified atom stereocenters. The number of anilines is 1. The zero-order valence-electron chi connectivity index (χ0n) is 10.9. The van der Waals surface area contributed by atoms with Gasteiger partial charge in [-0.1, -0.05) is 26.0 Å². The number of nitriles is 1. The van der Waals surface area contributed by atoms with Gasteiger partial charge in [-0.25, -0.2) is 0 Å². The SMILES string of the molecule is COc1cccc(C)c1NC(C#N)CC(C)C. The Hall–Kier alpha value is -1.69. The Kier molecular flexibility index (Phi) is 4.84. The summed E-state index contributed by atoms with van der Waals surface area (Å²) < 4.78 is 5.30. The molecule has 1 rings (SSSR count). The van der Waals surface area contributed by atoms with Crippen molar-refractivity contribution >= 4 is 5.69 Å². The predicted octanol–water partition coefficient (Wildman–Crippen LogP) is 3.35. The van der Waals surface area contributed by atoms with Crippen molar-refractivity contribution < 1.29 is 4.74 Å². The molecule has 3 nitrogen and oxygen atoms in total. The second-order valence-electron chi connectivity index (χ2n) is 4.61. The van der Waals surface area contributed by atoms with Crippen molar-refractivity contribution in [3.8, 4) is 11.8 Å². The third-order valence-electron chi connectivity index (χ3n) is 2.64. The van der Waals surface area contributed by atoms with E-state index in [-0.39, 0.29) is 6.04 Å². The Labute approximate surface area is 103 Å². The molecule has 17 heavy (non-hydrogen) atoms. The summed E-state index contributed by atoms with van der Waals surface area (Å²) in [4.78, 5) is 0. The third-order valence-corrected chi connectivity index (χ3v) is 2.64. The minimum absolute atomic E-state index is 0.176. The van der Waals surface area contributed by atoms with E-state index in [1.807, 2.05) is 25.1 Å². The summed E-state index contributed by atoms with van der Waals surface area (Å²) in [5.74, 6) is 1.27. The van der Waals surface area contributed by atoms with Gasteiger partial charge in [0.1, 0.15) is 11.8 Å². The molecular formula is C14H20N2O. The second-order valence-corrected chi connectivity index (χ2v) is 4.61. The number of nitrogens with one attached hydrogen (secondary N) is 1. The van der Waals surface area contributed by atoms with Gasteiger partial charge in [-0.3, -0.25) is 0 Å². The monoisotopic (exact) mass is 232 g/mol. The molecule has 0 bridgehead atoms. The molecule has 0 aliphatic rings. The van der Waals surface area contributed by atoms with Crippen LogP contribution in [-0.2, 0) is 0 Å². The van der Waals surface area contributed by atoms with Crippen LogP contribution in [0.5, 0.6) is 5.75 Å². The summed E-state index contributed by atoms with van der Waals surface area (Å²) in [6.45, 7) is 6.23. The van der Waals surface area contributed by atoms with E-state index >= 15 is 0 Å². The maximum Gasteiger partial charge on any atom is 0.142 e. The summed E-state index contributed by atoms with van der Waals surface area (Å²) in [6.07, 6.45) is 0.827. The van der Waals surface area contributed by atoms with Crippen molar-refractivity contribution in [1.29, 1.82) is 5.26 Å². The first kappa shape index (κ1) is 13.4. The lowest BCUT2D eigenvalue weighted by atomic mass is 10.0. The van der Waals surface area contributed by atoms with Crippen LogP contribution in [0.1, 0.15) is 25.8 Å². The Morgan fingerprint density at radius 3 is 2.65 bits per heavy atom. The fourth-order valence-corrected chi connectivity index (χ4v) is 1.79. The maximum atomic E-state index is 9.14. The predicted molar refractivity (Wildman–Crippen MR) is 70.2 cm³/mol. The number of hydrogen-bond acceptors (Lipinski definition) is 3. The van der Waals surface area contributed by atoms with E-state index in [2.05, 4.69) is 25.2 Å². The Balaban J connectivity index is 2.89. The first-order valence-electron chi connectivity index (χ1n) is 5.88. The molecule has 1 aromatic carbocycles. The lowest BCUT2D eigenvalue weighted by molar-refractivity contribution is 0.415. The molecule has 0 amide bonds. The number of nitrogens with zero attached hydrogens (tertiary/aromatic N) is 1. The van der Waals surface area contributed by atoms with Gasteiger partial charge in [-0.2, -0.15) is 5.26 Å². The molecule has 1 N–H and O–H groups in total. The van der Waals surface area contributed by atoms with Gasteiger partial charge in [0.05, 0.1) is 18.9 Å². The quantitative estimate of drug-likeness (QED) is 0.846. The molecule has 0 radical (unpaired) electrons. The number of rotatable bonds is 5. The van der Waals surface area contributed by atoms with Crippen LogP contribution < -0.4 is 10.1 Å². The van der Waals surface area contributed by atoms with E-state index in [0.717, 1.165) is 23.4 Å². The smallest absolute Gasteiger partial charge is 0.142 e. The van der Waals surface area contributed by atoms with Gasteiger partial charge in [-0.15, -0.1) is 0 Å². The molecule has 3 heteroatoms. The first-order chi connectivity index (χ1) is 8.08. The minimum atomic E-state index is -0.176. The minimum Gasteiger partial charge on any atom is -0.495 e. The summed E-state index contributed by atoms with van der Waals surface area (Å²) >= 11 is 0. The lowest BCUT2D eigenvalue weighted by Gasteiger charge is -2.18. The molecule has 0 saturated heterocycles. The highest BCUT2D eigenvalue weighted by Crippen LogP contribution is 2.28. The molecule has 92 valence electrons. The van der Waals surface area contributed by atoms with Crippen LogP contribution in [0.25, 0.3) is 0 Å². The number of methoxy groups -OCH3 is 1. The van der Waals surface area contributed by atoms with E-state index in [1.54, 1.807) is 7.11 Å². The van der Waals surface area contributed by atoms with Gasteiger partial charge < -0.3 is 10.1 Å². The van der Waals surface area contributed by atoms with Crippen molar-refractivity contribution in [2.75, 3.05) is 12.4 Å². The van der Waals surface area contributed by atoms with Crippen LogP contribution in [0.4, 0.5) is 5.69 Å². The van der Waals surface area contributed by atoms with Crippen LogP contribution in [0.15, 0.2) is 18.2 Å². The van der Waals surface area contributed by atoms with E-state index in [9.17, 15) is 0 Å². The van der Waals surface area contributed by atoms with Gasteiger partial charge in [0, 0.05) is 0 Å². The molecule has 0 spiro atoms. The van der Waals surface area contributed by atoms with Gasteiger partial charge in [0.15, 0.2) is 0 Å². The number of hydrogen-bond donors (Lipinski definition) is 1. The van der Waals surface area contributed by atoms with Crippen LogP contribution in [0, 0.1) is 24.2 Å². The van der Waals surface area contributed by atoms with Crippen molar-refractivity contribution in [2.45, 2.75) is 33.2 Å². The second kappa shape index (κ2) is 6.15. The number of ether oxygens (including phenoxy) is 1. The standard InChI is InChI=1S/C14H20N2O/c1-10(2)8-12(9-15)16-14-11(3)6-5-7-13(14)17-4/h5-7,10,12,16H,8H2,1-4H3. The lowest BCUT2D eigenvalue weighted by Crippen LogP contribution is -2.20. The summed E-state index contributed by atoms with van der Waals surface area (Å²) in [6, 6.07) is 7.98. The van der Waals surface area contributed by atoms with Gasteiger partial charge in [0.25, 0.3) is 0 Å². The van der Waals surface area contributed by atoms with Gasteiger partial charge in [0.2, 0.25) is 0 Å². The summed E-state index contributed by atoms with van der Waals surface area (Å²) in [5.41, 5.74) is 2.01. The fraction of sp³-hybridized carbons (Fsp3) is 0.500. The van der Waals surface area contributed by atoms with Gasteiger partial charge in [-0.05, 0) is 30.9 Å². The zero-order chi connectivity index (χ0) is 12.8. The molecule has 0 heterocycles. The van der Waals surface area contributed by atoms with E-state index in [4.69, 9.17) is 10.00 Å². The van der Waals surface area contributed by atoms with Crippen LogP contribution in [-0.4, -0.2) is 13.2 Å². The highest BCUT2D eigenvalue weighted by Gasteiger charge is 2.13. The largest absolute Gasteiger partial charge is 0.495 e. The Bertz CT molecular complexity index is 407. The summed E-state index contributed by atoms with van der Waals surface area (Å²) in [7, 11) is 1.64. The molecule has 0 aromatic heterocycles. The molecule has 1 atom stereocenters. The molecule has 0 aliphatic carbocycles. The van der Waals surface area contributed by atoms with E-state index < -0.39 is 0 Å². The highest BCUT2D eigenvalue weighted by molar-refractivity contribution is 5.62. The molecule has 0 aliphatic heterocycles. The molecule has 0 fully saturated rings. The third kappa shape index (κ3) is 3.67. The van der Waals surface area contributed by atoms with Crippen LogP contribution in [0.3, 0.4) is 0 Å². The topological polar surface area (TPSA) is 45.0 Å². The fourth-order valence-electron chi connectivity index (χ4n) is 1.79. The normalized spacial score (nSPS) is 12.0. The molecule has 1 aromatic rings. The maximum absolute atomic E-state index is 9.14. The van der Waals surface area contributed by atoms with Gasteiger partial charge >= 0.3 is 0 Å². The average Bonchev–Trinajstić information content (AvgIpc) is 2.29. The number of para-hydroxylation sites is 1. The number of benzene rings is 1. The van der Waals surface area contributed by atoms with Crippen molar-refractivity contribution in [2.24, 2.45) is 5.92 Å². The Morgan fingerprint density at radius 1 is 1.41 bits per heavy atom. The Morgan fingerprint density at radius 2 is 2.12 bits per heavy atom. The van der Waals surface area contributed by atoms with Crippen molar-refractivity contribution in [1.82, 2.24) is 0 Å². The zero-order valence-corrected chi connectivity index (χ0v) is 10.9. The van der Waals surface area contributed by atoms with Crippen LogP contribution >= 0.6 is 0 Å². The highest BCUT2D eigenvalue weighted by atomic mass is 16.5. The first-order valence-corrected chi connectivity index (χ1v) is 5.88. The molecular weight excluding hydrogens is 212 g/mol. The van der Waals surface area contributed by atoms with E-state index in [1.165, 1.54) is 0 Å². The van der Waals surface area contributed by atoms with Crippen molar-refractivity contribution in [3.63, 3.8) is 0 Å².